The van der Waals surface area contributed by atoms with Gasteiger partial charge in [0.05, 0.1) is 19.2 Å². The van der Waals surface area contributed by atoms with Crippen LogP contribution in [0.3, 0.4) is 0 Å². The largest absolute Gasteiger partial charge is 0.493 e. The number of hydrogen-bond acceptors (Lipinski definition) is 6. The second-order valence-electron chi connectivity index (χ2n) is 10.1. The number of nitrogens with zero attached hydrogens (tertiary/aromatic N) is 3. The molecule has 0 atom stereocenters. The number of aromatic nitrogens is 1. The van der Waals surface area contributed by atoms with Crippen LogP contribution < -0.4 is 14.8 Å². The molecule has 1 aromatic carbocycles. The number of fused-ring (bicyclic) bond motifs is 3. The van der Waals surface area contributed by atoms with E-state index >= 15 is 0 Å². The number of benzene rings is 1. The lowest BCUT2D eigenvalue weighted by molar-refractivity contribution is 0.254. The Labute approximate surface area is 198 Å². The van der Waals surface area contributed by atoms with Crippen molar-refractivity contribution in [2.24, 2.45) is 0 Å². The molecule has 1 aromatic heterocycles. The minimum atomic E-state index is 0.511. The van der Waals surface area contributed by atoms with Crippen LogP contribution >= 0.6 is 0 Å². The predicted octanol–water partition coefficient (Wildman–Crippen LogP) is 4.49. The number of nitrogens with one attached hydrogen (secondary N) is 1. The normalized spacial score (nSPS) is 20.2. The van der Waals surface area contributed by atoms with Gasteiger partial charge < -0.3 is 24.6 Å². The van der Waals surface area contributed by atoms with Gasteiger partial charge in [-0.2, -0.15) is 0 Å². The van der Waals surface area contributed by atoms with Gasteiger partial charge in [0.2, 0.25) is 0 Å². The summed E-state index contributed by atoms with van der Waals surface area (Å²) in [6, 6.07) is 4.79. The van der Waals surface area contributed by atoms with Gasteiger partial charge in [0, 0.05) is 24.0 Å². The maximum absolute atomic E-state index is 6.22. The van der Waals surface area contributed by atoms with Crippen molar-refractivity contribution in [3.05, 3.63) is 23.3 Å². The zero-order valence-electron chi connectivity index (χ0n) is 20.5. The Bertz CT molecular complexity index is 949. The quantitative estimate of drug-likeness (QED) is 0.596. The van der Waals surface area contributed by atoms with Crippen LogP contribution in [0.1, 0.15) is 56.1 Å². The Morgan fingerprint density at radius 2 is 1.73 bits per heavy atom. The maximum Gasteiger partial charge on any atom is 0.163 e. The van der Waals surface area contributed by atoms with Crippen molar-refractivity contribution in [1.82, 2.24) is 14.8 Å². The van der Waals surface area contributed by atoms with Crippen LogP contribution in [0, 0.1) is 0 Å². The van der Waals surface area contributed by atoms with Crippen LogP contribution in [0.15, 0.2) is 12.1 Å². The van der Waals surface area contributed by atoms with E-state index in [-0.39, 0.29) is 0 Å². The van der Waals surface area contributed by atoms with Gasteiger partial charge in [-0.05, 0) is 108 Å². The fourth-order valence-electron chi connectivity index (χ4n) is 5.75. The van der Waals surface area contributed by atoms with E-state index < -0.39 is 0 Å². The SMILES string of the molecule is COc1cc2c3c(c(NC4CCN(C)CC4)nc2cc1OCCCN1CCCC1)CCCC3. The third-order valence-corrected chi connectivity index (χ3v) is 7.73. The van der Waals surface area contributed by atoms with Crippen molar-refractivity contribution in [2.75, 3.05) is 58.8 Å². The standard InChI is InChI=1S/C27H40N4O2/c1-30-15-10-20(11-16-30)28-27-22-9-4-3-8-21(22)23-18-25(32-2)26(19-24(23)29-27)33-17-7-14-31-12-5-6-13-31/h18-20H,3-17H2,1-2H3,(H,28,29). The molecule has 0 unspecified atom stereocenters. The molecule has 2 saturated heterocycles. The van der Waals surface area contributed by atoms with Crippen LogP contribution in [0.2, 0.25) is 0 Å². The summed E-state index contributed by atoms with van der Waals surface area (Å²) in [5.41, 5.74) is 3.91. The fraction of sp³-hybridized carbons (Fsp3) is 0.667. The molecule has 3 heterocycles. The molecule has 1 aliphatic carbocycles. The third-order valence-electron chi connectivity index (χ3n) is 7.73. The van der Waals surface area contributed by atoms with Gasteiger partial charge in [-0.1, -0.05) is 0 Å². The Morgan fingerprint density at radius 1 is 0.970 bits per heavy atom. The number of methoxy groups -OCH3 is 1. The van der Waals surface area contributed by atoms with Crippen molar-refractivity contribution in [3.8, 4) is 11.5 Å². The number of ether oxygens (including phenoxy) is 2. The van der Waals surface area contributed by atoms with Crippen molar-refractivity contribution < 1.29 is 9.47 Å². The van der Waals surface area contributed by atoms with Gasteiger partial charge in [-0.15, -0.1) is 0 Å². The predicted molar refractivity (Wildman–Crippen MR) is 135 cm³/mol. The number of likely N-dealkylation sites (tertiary alicyclic amines) is 2. The Morgan fingerprint density at radius 3 is 2.48 bits per heavy atom. The van der Waals surface area contributed by atoms with Crippen LogP contribution in [0.5, 0.6) is 11.5 Å². The summed E-state index contributed by atoms with van der Waals surface area (Å²) in [6.07, 6.45) is 10.8. The van der Waals surface area contributed by atoms with Crippen LogP contribution in [-0.4, -0.2) is 74.3 Å². The lowest BCUT2D eigenvalue weighted by atomic mass is 9.89. The van der Waals surface area contributed by atoms with E-state index in [0.717, 1.165) is 61.7 Å². The Kier molecular flexibility index (Phi) is 7.21. The summed E-state index contributed by atoms with van der Waals surface area (Å²) in [6.45, 7) is 6.61. The van der Waals surface area contributed by atoms with Gasteiger partial charge in [-0.3, -0.25) is 0 Å². The second-order valence-corrected chi connectivity index (χ2v) is 10.1. The summed E-state index contributed by atoms with van der Waals surface area (Å²) in [5.74, 6) is 2.76. The van der Waals surface area contributed by atoms with Gasteiger partial charge in [-0.25, -0.2) is 4.98 Å². The molecule has 33 heavy (non-hydrogen) atoms. The number of piperidine rings is 1. The zero-order chi connectivity index (χ0) is 22.6. The molecule has 0 saturated carbocycles. The molecule has 0 radical (unpaired) electrons. The van der Waals surface area contributed by atoms with E-state index in [4.69, 9.17) is 14.5 Å². The van der Waals surface area contributed by atoms with Crippen molar-refractivity contribution in [3.63, 3.8) is 0 Å². The highest BCUT2D eigenvalue weighted by atomic mass is 16.5. The number of rotatable bonds is 8. The number of hydrogen-bond donors (Lipinski definition) is 1. The van der Waals surface area contributed by atoms with E-state index in [1.165, 1.54) is 68.1 Å². The van der Waals surface area contributed by atoms with Gasteiger partial charge in [0.15, 0.2) is 11.5 Å². The molecular weight excluding hydrogens is 412 g/mol. The molecule has 6 heteroatoms. The lowest BCUT2D eigenvalue weighted by Gasteiger charge is -2.31. The van der Waals surface area contributed by atoms with E-state index in [1.807, 2.05) is 0 Å². The topological polar surface area (TPSA) is 49.9 Å². The van der Waals surface area contributed by atoms with Crippen molar-refractivity contribution >= 4 is 16.7 Å². The summed E-state index contributed by atoms with van der Waals surface area (Å²) in [4.78, 5) is 10.1. The molecule has 1 N–H and O–H groups in total. The molecule has 3 aliphatic rings. The van der Waals surface area contributed by atoms with E-state index in [1.54, 1.807) is 7.11 Å². The average molecular weight is 453 g/mol. The first-order chi connectivity index (χ1) is 16.2. The first-order valence-electron chi connectivity index (χ1n) is 13.0. The van der Waals surface area contributed by atoms with Crippen LogP contribution in [-0.2, 0) is 12.8 Å². The Hall–Kier alpha value is -2.05. The Balaban J connectivity index is 1.38. The molecule has 0 spiro atoms. The van der Waals surface area contributed by atoms with Crippen molar-refractivity contribution in [2.45, 2.75) is 63.8 Å². The summed E-state index contributed by atoms with van der Waals surface area (Å²) >= 11 is 0. The summed E-state index contributed by atoms with van der Waals surface area (Å²) in [7, 11) is 3.96. The first kappa shape index (κ1) is 22.7. The molecule has 6 nitrogen and oxygen atoms in total. The summed E-state index contributed by atoms with van der Waals surface area (Å²) in [5, 5.41) is 5.07. The van der Waals surface area contributed by atoms with Crippen LogP contribution in [0.4, 0.5) is 5.82 Å². The molecule has 180 valence electrons. The van der Waals surface area contributed by atoms with Gasteiger partial charge in [0.25, 0.3) is 0 Å². The highest BCUT2D eigenvalue weighted by molar-refractivity contribution is 5.89. The van der Waals surface area contributed by atoms with E-state index in [9.17, 15) is 0 Å². The monoisotopic (exact) mass is 452 g/mol. The highest BCUT2D eigenvalue weighted by Crippen LogP contribution is 2.39. The smallest absolute Gasteiger partial charge is 0.163 e. The number of aryl methyl sites for hydroxylation is 1. The molecule has 2 aromatic rings. The minimum Gasteiger partial charge on any atom is -0.493 e. The molecule has 2 fully saturated rings. The molecular formula is C27H40N4O2. The number of pyridine rings is 1. The second kappa shape index (κ2) is 10.5. The lowest BCUT2D eigenvalue weighted by Crippen LogP contribution is -2.37. The number of anilines is 1. The average Bonchev–Trinajstić information content (AvgIpc) is 3.36. The van der Waals surface area contributed by atoms with Gasteiger partial charge >= 0.3 is 0 Å². The molecule has 5 rings (SSSR count). The third kappa shape index (κ3) is 5.22. The van der Waals surface area contributed by atoms with Gasteiger partial charge in [0.1, 0.15) is 5.82 Å². The minimum absolute atomic E-state index is 0.511. The van der Waals surface area contributed by atoms with E-state index in [0.29, 0.717) is 12.6 Å². The highest BCUT2D eigenvalue weighted by Gasteiger charge is 2.23. The van der Waals surface area contributed by atoms with E-state index in [2.05, 4.69) is 34.3 Å². The molecule has 2 aliphatic heterocycles. The van der Waals surface area contributed by atoms with Crippen LogP contribution in [0.25, 0.3) is 10.9 Å². The zero-order valence-corrected chi connectivity index (χ0v) is 20.5. The van der Waals surface area contributed by atoms with Crippen molar-refractivity contribution in [1.29, 1.82) is 0 Å². The molecule has 0 amide bonds. The fourth-order valence-corrected chi connectivity index (χ4v) is 5.75. The first-order valence-corrected chi connectivity index (χ1v) is 13.0. The maximum atomic E-state index is 6.22. The summed E-state index contributed by atoms with van der Waals surface area (Å²) < 4.78 is 12.0. The molecule has 0 bridgehead atoms.